The molecule has 41 heavy (non-hydrogen) atoms. The van der Waals surface area contributed by atoms with Gasteiger partial charge in [-0.15, -0.1) is 0 Å². The van der Waals surface area contributed by atoms with Crippen LogP contribution in [0.3, 0.4) is 0 Å². The fourth-order valence-corrected chi connectivity index (χ4v) is 8.19. The predicted octanol–water partition coefficient (Wildman–Crippen LogP) is 11.3. The van der Waals surface area contributed by atoms with Gasteiger partial charge < -0.3 is 0 Å². The van der Waals surface area contributed by atoms with Crippen LogP contribution in [0.4, 0.5) is 0 Å². The molecule has 1 fully saturated rings. The molecular formula is C41H30. The van der Waals surface area contributed by atoms with Crippen molar-refractivity contribution in [1.82, 2.24) is 0 Å². The van der Waals surface area contributed by atoms with Crippen LogP contribution in [0, 0.1) is 0 Å². The normalized spacial score (nSPS) is 15.1. The number of hydrogen-bond acceptors (Lipinski definition) is 0. The number of benzene rings is 7. The Morgan fingerprint density at radius 3 is 1.71 bits per heavy atom. The number of hydrogen-bond donors (Lipinski definition) is 0. The lowest BCUT2D eigenvalue weighted by Gasteiger charge is -2.28. The summed E-state index contributed by atoms with van der Waals surface area (Å²) in [4.78, 5) is 0. The second-order valence-electron chi connectivity index (χ2n) is 12.0. The highest BCUT2D eigenvalue weighted by molar-refractivity contribution is 6.12. The van der Waals surface area contributed by atoms with Crippen LogP contribution in [0.5, 0.6) is 0 Å². The Morgan fingerprint density at radius 1 is 0.390 bits per heavy atom. The van der Waals surface area contributed by atoms with E-state index in [1.54, 1.807) is 5.56 Å². The fourth-order valence-electron chi connectivity index (χ4n) is 8.19. The van der Waals surface area contributed by atoms with Crippen molar-refractivity contribution in [3.8, 4) is 33.4 Å². The van der Waals surface area contributed by atoms with Crippen molar-refractivity contribution in [2.75, 3.05) is 0 Å². The molecule has 0 saturated heterocycles. The summed E-state index contributed by atoms with van der Waals surface area (Å²) in [7, 11) is 0. The Balaban J connectivity index is 1.34. The zero-order valence-corrected chi connectivity index (χ0v) is 23.0. The number of rotatable bonds is 2. The van der Waals surface area contributed by atoms with Crippen LogP contribution >= 0.6 is 0 Å². The Bertz CT molecular complexity index is 2150. The lowest BCUT2D eigenvalue weighted by molar-refractivity contribution is 0.550. The molecule has 0 atom stereocenters. The van der Waals surface area contributed by atoms with E-state index in [-0.39, 0.29) is 5.41 Å². The minimum absolute atomic E-state index is 0.0780. The highest BCUT2D eigenvalue weighted by Crippen LogP contribution is 2.60. The summed E-state index contributed by atoms with van der Waals surface area (Å²) in [5, 5.41) is 7.99. The molecule has 0 radical (unpaired) electrons. The largest absolute Gasteiger partial charge is 0.0616 e. The Hall–Kier alpha value is -4.68. The quantitative estimate of drug-likeness (QED) is 0.212. The van der Waals surface area contributed by atoms with Gasteiger partial charge in [0, 0.05) is 5.41 Å². The second kappa shape index (κ2) is 8.66. The number of fused-ring (bicyclic) bond motifs is 9. The fraction of sp³-hybridized carbons (Fsp3) is 0.122. The van der Waals surface area contributed by atoms with Crippen LogP contribution in [0.15, 0.2) is 133 Å². The Morgan fingerprint density at radius 2 is 0.976 bits per heavy atom. The van der Waals surface area contributed by atoms with E-state index in [4.69, 9.17) is 0 Å². The van der Waals surface area contributed by atoms with Crippen molar-refractivity contribution in [3.63, 3.8) is 0 Å². The first-order valence-corrected chi connectivity index (χ1v) is 15.0. The molecule has 0 aromatic heterocycles. The van der Waals surface area contributed by atoms with Gasteiger partial charge in [0.05, 0.1) is 0 Å². The van der Waals surface area contributed by atoms with Crippen LogP contribution in [0.2, 0.25) is 0 Å². The summed E-state index contributed by atoms with van der Waals surface area (Å²) in [5.41, 5.74) is 11.4. The zero-order chi connectivity index (χ0) is 27.0. The third-order valence-corrected chi connectivity index (χ3v) is 10.0. The van der Waals surface area contributed by atoms with Crippen molar-refractivity contribution < 1.29 is 0 Å². The molecule has 0 unspecified atom stereocenters. The van der Waals surface area contributed by atoms with Gasteiger partial charge in [-0.25, -0.2) is 0 Å². The van der Waals surface area contributed by atoms with Crippen LogP contribution in [-0.2, 0) is 5.41 Å². The summed E-state index contributed by atoms with van der Waals surface area (Å²) in [6.45, 7) is 0. The van der Waals surface area contributed by atoms with Gasteiger partial charge in [-0.3, -0.25) is 0 Å². The summed E-state index contributed by atoms with van der Waals surface area (Å²) in [6, 6.07) is 50.2. The predicted molar refractivity (Wildman–Crippen MR) is 175 cm³/mol. The molecule has 0 heterocycles. The first-order valence-electron chi connectivity index (χ1n) is 15.0. The average Bonchev–Trinajstić information content (AvgIpc) is 3.64. The molecule has 1 spiro atoms. The smallest absolute Gasteiger partial charge is 0.0215 e. The van der Waals surface area contributed by atoms with Crippen molar-refractivity contribution in [3.05, 3.63) is 145 Å². The maximum Gasteiger partial charge on any atom is 0.0215 e. The third kappa shape index (κ3) is 3.22. The minimum atomic E-state index is 0.0780. The van der Waals surface area contributed by atoms with Gasteiger partial charge in [0.25, 0.3) is 0 Å². The van der Waals surface area contributed by atoms with Crippen molar-refractivity contribution in [2.24, 2.45) is 0 Å². The van der Waals surface area contributed by atoms with Gasteiger partial charge in [-0.2, -0.15) is 0 Å². The minimum Gasteiger partial charge on any atom is -0.0616 e. The molecule has 7 aromatic rings. The van der Waals surface area contributed by atoms with E-state index >= 15 is 0 Å². The third-order valence-electron chi connectivity index (χ3n) is 10.0. The topological polar surface area (TPSA) is 0 Å². The van der Waals surface area contributed by atoms with E-state index in [1.165, 1.54) is 96.9 Å². The first kappa shape index (κ1) is 23.1. The summed E-state index contributed by atoms with van der Waals surface area (Å²) in [6.07, 6.45) is 5.01. The molecule has 0 amide bonds. The molecule has 194 valence electrons. The lowest BCUT2D eigenvalue weighted by atomic mass is 9.75. The second-order valence-corrected chi connectivity index (χ2v) is 12.0. The molecule has 0 aliphatic heterocycles. The summed E-state index contributed by atoms with van der Waals surface area (Å²) in [5.74, 6) is 0. The molecule has 2 aliphatic carbocycles. The van der Waals surface area contributed by atoms with Crippen molar-refractivity contribution in [2.45, 2.75) is 31.1 Å². The SMILES string of the molecule is c1ccc2c(-c3ccc4c(c3)C3(CCCC3)c3cc(-c5cccc6ccccc56)c5ccccc5c3-4)cccc2c1. The van der Waals surface area contributed by atoms with Crippen molar-refractivity contribution >= 4 is 32.3 Å². The maximum atomic E-state index is 2.59. The molecule has 0 heteroatoms. The van der Waals surface area contributed by atoms with Crippen LogP contribution < -0.4 is 0 Å². The zero-order valence-electron chi connectivity index (χ0n) is 23.0. The average molecular weight is 523 g/mol. The van der Waals surface area contributed by atoms with Crippen molar-refractivity contribution in [1.29, 1.82) is 0 Å². The standard InChI is InChI=1S/C41H30/c1-3-15-30-27(11-1)13-9-19-32(30)29-21-22-36-38(25-29)41(23-7-8-24-41)39-26-37(34-17-5-6-18-35(34)40(36)39)33-20-10-14-28-12-2-4-16-31(28)33/h1-6,9-22,25-26H,7-8,23-24H2. The first-order chi connectivity index (χ1) is 20.3. The summed E-state index contributed by atoms with van der Waals surface area (Å²) < 4.78 is 0. The monoisotopic (exact) mass is 522 g/mol. The van der Waals surface area contributed by atoms with E-state index in [2.05, 4.69) is 133 Å². The van der Waals surface area contributed by atoms with Gasteiger partial charge in [0.1, 0.15) is 0 Å². The van der Waals surface area contributed by atoms with Gasteiger partial charge in [0.15, 0.2) is 0 Å². The van der Waals surface area contributed by atoms with Crippen LogP contribution in [-0.4, -0.2) is 0 Å². The van der Waals surface area contributed by atoms with E-state index in [9.17, 15) is 0 Å². The van der Waals surface area contributed by atoms with E-state index < -0.39 is 0 Å². The molecule has 2 aliphatic rings. The van der Waals surface area contributed by atoms with E-state index in [0.29, 0.717) is 0 Å². The van der Waals surface area contributed by atoms with Crippen LogP contribution in [0.1, 0.15) is 36.8 Å². The molecule has 0 nitrogen and oxygen atoms in total. The molecular weight excluding hydrogens is 492 g/mol. The Labute approximate surface area is 240 Å². The van der Waals surface area contributed by atoms with Gasteiger partial charge in [0.2, 0.25) is 0 Å². The summed E-state index contributed by atoms with van der Waals surface area (Å²) >= 11 is 0. The highest BCUT2D eigenvalue weighted by Gasteiger charge is 2.46. The van der Waals surface area contributed by atoms with Gasteiger partial charge in [-0.05, 0) is 102 Å². The Kier molecular flexibility index (Phi) is 4.87. The maximum absolute atomic E-state index is 2.59. The van der Waals surface area contributed by atoms with Crippen LogP contribution in [0.25, 0.3) is 65.7 Å². The molecule has 9 rings (SSSR count). The molecule has 0 N–H and O–H groups in total. The highest BCUT2D eigenvalue weighted by atomic mass is 14.5. The molecule has 7 aromatic carbocycles. The molecule has 1 saturated carbocycles. The van der Waals surface area contributed by atoms with E-state index in [0.717, 1.165) is 0 Å². The van der Waals surface area contributed by atoms with Gasteiger partial charge >= 0.3 is 0 Å². The lowest BCUT2D eigenvalue weighted by Crippen LogP contribution is -2.20. The molecule has 0 bridgehead atoms. The van der Waals surface area contributed by atoms with Gasteiger partial charge in [-0.1, -0.05) is 134 Å². The van der Waals surface area contributed by atoms with E-state index in [1.807, 2.05) is 0 Å².